The van der Waals surface area contributed by atoms with E-state index in [1.54, 1.807) is 23.0 Å². The van der Waals surface area contributed by atoms with Crippen molar-refractivity contribution in [3.05, 3.63) is 81.0 Å². The number of nitrogens with one attached hydrogen (secondary N) is 1. The van der Waals surface area contributed by atoms with Gasteiger partial charge in [-0.15, -0.1) is 0 Å². The van der Waals surface area contributed by atoms with Gasteiger partial charge in [-0.25, -0.2) is 4.68 Å². The van der Waals surface area contributed by atoms with Gasteiger partial charge in [0.05, 0.1) is 29.2 Å². The van der Waals surface area contributed by atoms with E-state index < -0.39 is 0 Å². The molecule has 0 aliphatic heterocycles. The molecule has 0 unspecified atom stereocenters. The Balaban J connectivity index is 1.80. The summed E-state index contributed by atoms with van der Waals surface area (Å²) in [5.41, 5.74) is 3.23. The standard InChI is InChI=1S/C19H17BrClN3O/c1-12(14-4-3-5-15(20)10-14)23-19(25)18-11-22-24(13(18)2)17-8-6-16(21)7-9-17/h3-12H,1-2H3,(H,23,25)/t12-/m0/s1. The van der Waals surface area contributed by atoms with Crippen LogP contribution >= 0.6 is 27.5 Å². The van der Waals surface area contributed by atoms with Gasteiger partial charge in [-0.05, 0) is 55.8 Å². The zero-order valence-electron chi connectivity index (χ0n) is 13.8. The van der Waals surface area contributed by atoms with Crippen LogP contribution in [0.1, 0.15) is 34.6 Å². The maximum absolute atomic E-state index is 12.6. The number of benzene rings is 2. The molecule has 1 atom stereocenters. The summed E-state index contributed by atoms with van der Waals surface area (Å²) >= 11 is 9.38. The summed E-state index contributed by atoms with van der Waals surface area (Å²) in [6, 6.07) is 15.1. The van der Waals surface area contributed by atoms with Crippen molar-refractivity contribution in [1.82, 2.24) is 15.1 Å². The van der Waals surface area contributed by atoms with Crippen LogP contribution in [0.15, 0.2) is 59.2 Å². The van der Waals surface area contributed by atoms with E-state index in [1.807, 2.05) is 50.2 Å². The molecule has 6 heteroatoms. The van der Waals surface area contributed by atoms with Crippen LogP contribution in [0.25, 0.3) is 5.69 Å². The van der Waals surface area contributed by atoms with E-state index in [0.29, 0.717) is 10.6 Å². The molecule has 0 aliphatic carbocycles. The summed E-state index contributed by atoms with van der Waals surface area (Å²) in [4.78, 5) is 12.6. The SMILES string of the molecule is Cc1c(C(=O)N[C@@H](C)c2cccc(Br)c2)cnn1-c1ccc(Cl)cc1. The molecule has 0 saturated heterocycles. The fourth-order valence-electron chi connectivity index (χ4n) is 2.61. The lowest BCUT2D eigenvalue weighted by Crippen LogP contribution is -2.27. The molecule has 25 heavy (non-hydrogen) atoms. The van der Waals surface area contributed by atoms with Crippen molar-refractivity contribution in [2.75, 3.05) is 0 Å². The van der Waals surface area contributed by atoms with Crippen molar-refractivity contribution in [2.24, 2.45) is 0 Å². The third-order valence-electron chi connectivity index (χ3n) is 4.02. The van der Waals surface area contributed by atoms with Crippen LogP contribution in [0, 0.1) is 6.92 Å². The van der Waals surface area contributed by atoms with Crippen LogP contribution < -0.4 is 5.32 Å². The fraction of sp³-hybridized carbons (Fsp3) is 0.158. The van der Waals surface area contributed by atoms with Crippen molar-refractivity contribution in [3.8, 4) is 5.69 Å². The minimum atomic E-state index is -0.148. The Labute approximate surface area is 159 Å². The highest BCUT2D eigenvalue weighted by Gasteiger charge is 2.17. The van der Waals surface area contributed by atoms with E-state index in [9.17, 15) is 4.79 Å². The third-order valence-corrected chi connectivity index (χ3v) is 4.77. The molecule has 2 aromatic carbocycles. The second-order valence-corrected chi connectivity index (χ2v) is 7.13. The molecule has 0 spiro atoms. The topological polar surface area (TPSA) is 46.9 Å². The maximum Gasteiger partial charge on any atom is 0.255 e. The van der Waals surface area contributed by atoms with Gasteiger partial charge in [-0.3, -0.25) is 4.79 Å². The Morgan fingerprint density at radius 1 is 1.24 bits per heavy atom. The third kappa shape index (κ3) is 3.94. The molecule has 1 aromatic heterocycles. The lowest BCUT2D eigenvalue weighted by atomic mass is 10.1. The molecular formula is C19H17BrClN3O. The molecule has 3 rings (SSSR count). The number of amides is 1. The number of hydrogen-bond acceptors (Lipinski definition) is 2. The number of carbonyl (C=O) groups excluding carboxylic acids is 1. The quantitative estimate of drug-likeness (QED) is 0.641. The first kappa shape index (κ1) is 17.7. The van der Waals surface area contributed by atoms with E-state index >= 15 is 0 Å². The summed E-state index contributed by atoms with van der Waals surface area (Å²) in [5.74, 6) is -0.148. The average molecular weight is 419 g/mol. The molecule has 128 valence electrons. The summed E-state index contributed by atoms with van der Waals surface area (Å²) in [7, 11) is 0. The van der Waals surface area contributed by atoms with Crippen LogP contribution in [0.3, 0.4) is 0 Å². The Kier molecular flexibility index (Phi) is 5.25. The predicted octanol–water partition coefficient (Wildman–Crippen LogP) is 5.09. The molecule has 4 nitrogen and oxygen atoms in total. The van der Waals surface area contributed by atoms with Gasteiger partial charge in [-0.2, -0.15) is 5.10 Å². The first-order chi connectivity index (χ1) is 12.0. The van der Waals surface area contributed by atoms with Gasteiger partial charge in [0, 0.05) is 9.50 Å². The van der Waals surface area contributed by atoms with Crippen LogP contribution in [-0.4, -0.2) is 15.7 Å². The molecule has 1 heterocycles. The Morgan fingerprint density at radius 3 is 2.64 bits per heavy atom. The largest absolute Gasteiger partial charge is 0.345 e. The first-order valence-corrected chi connectivity index (χ1v) is 8.99. The van der Waals surface area contributed by atoms with Crippen molar-refractivity contribution in [1.29, 1.82) is 0 Å². The van der Waals surface area contributed by atoms with Gasteiger partial charge < -0.3 is 5.32 Å². The van der Waals surface area contributed by atoms with Crippen LogP contribution in [-0.2, 0) is 0 Å². The highest BCUT2D eigenvalue weighted by atomic mass is 79.9. The molecule has 1 amide bonds. The van der Waals surface area contributed by atoms with Crippen LogP contribution in [0.2, 0.25) is 5.02 Å². The van der Waals surface area contributed by atoms with Crippen molar-refractivity contribution in [3.63, 3.8) is 0 Å². The van der Waals surface area contributed by atoms with Gasteiger partial charge >= 0.3 is 0 Å². The summed E-state index contributed by atoms with van der Waals surface area (Å²) in [6.07, 6.45) is 1.59. The van der Waals surface area contributed by atoms with Crippen molar-refractivity contribution < 1.29 is 4.79 Å². The van der Waals surface area contributed by atoms with Gasteiger partial charge in [0.2, 0.25) is 0 Å². The average Bonchev–Trinajstić information content (AvgIpc) is 2.97. The lowest BCUT2D eigenvalue weighted by molar-refractivity contribution is 0.0939. The second kappa shape index (κ2) is 7.42. The number of nitrogens with zero attached hydrogens (tertiary/aromatic N) is 2. The predicted molar refractivity (Wildman–Crippen MR) is 103 cm³/mol. The highest BCUT2D eigenvalue weighted by Crippen LogP contribution is 2.20. The summed E-state index contributed by atoms with van der Waals surface area (Å²) in [6.45, 7) is 3.83. The molecule has 0 saturated carbocycles. The van der Waals surface area contributed by atoms with Gasteiger partial charge in [-0.1, -0.05) is 39.7 Å². The molecule has 0 fully saturated rings. The fourth-order valence-corrected chi connectivity index (χ4v) is 3.15. The molecule has 1 N–H and O–H groups in total. The lowest BCUT2D eigenvalue weighted by Gasteiger charge is -2.14. The molecule has 3 aromatic rings. The Hall–Kier alpha value is -2.11. The van der Waals surface area contributed by atoms with E-state index in [1.165, 1.54) is 0 Å². The van der Waals surface area contributed by atoms with Gasteiger partial charge in [0.25, 0.3) is 5.91 Å². The molecular weight excluding hydrogens is 402 g/mol. The van der Waals surface area contributed by atoms with Gasteiger partial charge in [0.15, 0.2) is 0 Å². The normalized spacial score (nSPS) is 12.0. The highest BCUT2D eigenvalue weighted by molar-refractivity contribution is 9.10. The van der Waals surface area contributed by atoms with E-state index in [0.717, 1.165) is 21.4 Å². The summed E-state index contributed by atoms with van der Waals surface area (Å²) in [5, 5.41) is 8.02. The first-order valence-electron chi connectivity index (χ1n) is 7.82. The van der Waals surface area contributed by atoms with Crippen molar-refractivity contribution >= 4 is 33.4 Å². The van der Waals surface area contributed by atoms with Crippen molar-refractivity contribution in [2.45, 2.75) is 19.9 Å². The zero-order valence-corrected chi connectivity index (χ0v) is 16.2. The maximum atomic E-state index is 12.6. The number of aromatic nitrogens is 2. The second-order valence-electron chi connectivity index (χ2n) is 5.78. The minimum Gasteiger partial charge on any atom is -0.345 e. The van der Waals surface area contributed by atoms with Crippen LogP contribution in [0.4, 0.5) is 0 Å². The van der Waals surface area contributed by atoms with E-state index in [2.05, 4.69) is 26.3 Å². The number of halogens is 2. The molecule has 0 aliphatic rings. The monoisotopic (exact) mass is 417 g/mol. The molecule has 0 bridgehead atoms. The summed E-state index contributed by atoms with van der Waals surface area (Å²) < 4.78 is 2.72. The minimum absolute atomic E-state index is 0.108. The Bertz CT molecular complexity index is 905. The van der Waals surface area contributed by atoms with E-state index in [-0.39, 0.29) is 11.9 Å². The zero-order chi connectivity index (χ0) is 18.0. The molecule has 0 radical (unpaired) electrons. The number of hydrogen-bond donors (Lipinski definition) is 1. The number of carbonyl (C=O) groups is 1. The van der Waals surface area contributed by atoms with Gasteiger partial charge in [0.1, 0.15) is 0 Å². The number of rotatable bonds is 4. The smallest absolute Gasteiger partial charge is 0.255 e. The Morgan fingerprint density at radius 2 is 1.96 bits per heavy atom. The van der Waals surface area contributed by atoms with E-state index in [4.69, 9.17) is 11.6 Å². The van der Waals surface area contributed by atoms with Crippen LogP contribution in [0.5, 0.6) is 0 Å².